The summed E-state index contributed by atoms with van der Waals surface area (Å²) in [6.45, 7) is 3.81. The van der Waals surface area contributed by atoms with Gasteiger partial charge in [-0.15, -0.1) is 11.3 Å². The molecule has 0 unspecified atom stereocenters. The molecule has 10 heteroatoms. The number of thiazole rings is 1. The Balaban J connectivity index is 1.53. The smallest absolute Gasteiger partial charge is 0.264 e. The van der Waals surface area contributed by atoms with Crippen LogP contribution in [-0.4, -0.2) is 39.1 Å². The molecular weight excluding hydrogens is 438 g/mol. The maximum atomic E-state index is 12.7. The van der Waals surface area contributed by atoms with Crippen LogP contribution < -0.4 is 19.1 Å². The molecule has 0 spiro atoms. The van der Waals surface area contributed by atoms with Gasteiger partial charge in [-0.2, -0.15) is 0 Å². The van der Waals surface area contributed by atoms with E-state index in [1.807, 2.05) is 19.9 Å². The van der Waals surface area contributed by atoms with Crippen LogP contribution in [0.25, 0.3) is 11.3 Å². The monoisotopic (exact) mass is 459 g/mol. The SMILES string of the molecule is CC(C)Oc1ccc(S(=O)(=O)Nc2nc(-c3ccc4c(c3)N(C)C(=O)CO4)cs2)cc1. The number of rotatable bonds is 6. The van der Waals surface area contributed by atoms with Gasteiger partial charge < -0.3 is 14.4 Å². The van der Waals surface area contributed by atoms with E-state index in [2.05, 4.69) is 9.71 Å². The number of carbonyl (C=O) groups is 1. The Hall–Kier alpha value is -3.11. The number of anilines is 2. The van der Waals surface area contributed by atoms with Gasteiger partial charge in [0.2, 0.25) is 0 Å². The lowest BCUT2D eigenvalue weighted by atomic mass is 10.1. The number of aromatic nitrogens is 1. The zero-order chi connectivity index (χ0) is 22.2. The number of benzene rings is 2. The van der Waals surface area contributed by atoms with Crippen molar-refractivity contribution in [2.75, 3.05) is 23.3 Å². The molecule has 0 saturated carbocycles. The lowest BCUT2D eigenvalue weighted by Crippen LogP contribution is -2.35. The predicted octanol–water partition coefficient (Wildman–Crippen LogP) is 3.75. The third kappa shape index (κ3) is 4.49. The Morgan fingerprint density at radius 3 is 2.65 bits per heavy atom. The van der Waals surface area contributed by atoms with Crippen molar-refractivity contribution in [1.82, 2.24) is 4.98 Å². The highest BCUT2D eigenvalue weighted by Crippen LogP contribution is 2.36. The number of nitrogens with zero attached hydrogens (tertiary/aromatic N) is 2. The lowest BCUT2D eigenvalue weighted by Gasteiger charge is -2.26. The zero-order valence-electron chi connectivity index (χ0n) is 17.2. The molecule has 1 aliphatic rings. The van der Waals surface area contributed by atoms with Gasteiger partial charge in [0.1, 0.15) is 11.5 Å². The molecule has 0 bridgehead atoms. The van der Waals surface area contributed by atoms with Crippen LogP contribution in [0.4, 0.5) is 10.8 Å². The molecule has 8 nitrogen and oxygen atoms in total. The summed E-state index contributed by atoms with van der Waals surface area (Å²) in [6, 6.07) is 11.6. The fourth-order valence-corrected chi connectivity index (χ4v) is 5.00. The Kier molecular flexibility index (Phi) is 5.59. The van der Waals surface area contributed by atoms with E-state index in [1.54, 1.807) is 36.7 Å². The van der Waals surface area contributed by atoms with Crippen LogP contribution in [0, 0.1) is 0 Å². The summed E-state index contributed by atoms with van der Waals surface area (Å²) in [7, 11) is -2.10. The quantitative estimate of drug-likeness (QED) is 0.603. The number of ether oxygens (including phenoxy) is 2. The highest BCUT2D eigenvalue weighted by atomic mass is 32.2. The number of hydrogen-bond acceptors (Lipinski definition) is 7. The van der Waals surface area contributed by atoms with Crippen molar-refractivity contribution in [1.29, 1.82) is 0 Å². The molecule has 0 aliphatic carbocycles. The minimum Gasteiger partial charge on any atom is -0.491 e. The van der Waals surface area contributed by atoms with Crippen LogP contribution in [-0.2, 0) is 14.8 Å². The summed E-state index contributed by atoms with van der Waals surface area (Å²) in [6.07, 6.45) is 0.00221. The predicted molar refractivity (Wildman–Crippen MR) is 119 cm³/mol. The first-order valence-electron chi connectivity index (χ1n) is 9.52. The van der Waals surface area contributed by atoms with Crippen molar-refractivity contribution in [3.05, 3.63) is 47.8 Å². The van der Waals surface area contributed by atoms with Gasteiger partial charge in [0.25, 0.3) is 15.9 Å². The van der Waals surface area contributed by atoms with Crippen LogP contribution >= 0.6 is 11.3 Å². The number of amides is 1. The number of fused-ring (bicyclic) bond motifs is 1. The molecule has 0 atom stereocenters. The zero-order valence-corrected chi connectivity index (χ0v) is 18.8. The van der Waals surface area contributed by atoms with Crippen molar-refractivity contribution in [2.45, 2.75) is 24.8 Å². The van der Waals surface area contributed by atoms with E-state index in [1.165, 1.54) is 28.4 Å². The number of carbonyl (C=O) groups excluding carboxylic acids is 1. The lowest BCUT2D eigenvalue weighted by molar-refractivity contribution is -0.120. The first-order valence-corrected chi connectivity index (χ1v) is 11.9. The fourth-order valence-electron chi connectivity index (χ4n) is 3.03. The average molecular weight is 460 g/mol. The molecule has 3 aromatic rings. The average Bonchev–Trinajstić information content (AvgIpc) is 3.18. The first kappa shape index (κ1) is 21.1. The molecule has 162 valence electrons. The fraction of sp³-hybridized carbons (Fsp3) is 0.238. The number of hydrogen-bond donors (Lipinski definition) is 1. The molecule has 2 heterocycles. The van der Waals surface area contributed by atoms with Crippen LogP contribution in [0.1, 0.15) is 13.8 Å². The topological polar surface area (TPSA) is 97.8 Å². The van der Waals surface area contributed by atoms with Crippen LogP contribution in [0.3, 0.4) is 0 Å². The molecule has 31 heavy (non-hydrogen) atoms. The summed E-state index contributed by atoms with van der Waals surface area (Å²) in [5, 5.41) is 2.00. The second-order valence-electron chi connectivity index (χ2n) is 7.21. The van der Waals surface area contributed by atoms with Gasteiger partial charge in [-0.05, 0) is 56.3 Å². The normalized spacial score (nSPS) is 13.7. The van der Waals surface area contributed by atoms with E-state index in [9.17, 15) is 13.2 Å². The number of likely N-dealkylation sites (N-methyl/N-ethyl adjacent to an activating group) is 1. The minimum atomic E-state index is -3.79. The van der Waals surface area contributed by atoms with E-state index in [0.717, 1.165) is 5.56 Å². The minimum absolute atomic E-state index is 0.00221. The number of sulfonamides is 1. The summed E-state index contributed by atoms with van der Waals surface area (Å²) in [4.78, 5) is 17.9. The molecule has 4 rings (SSSR count). The van der Waals surface area contributed by atoms with Gasteiger partial charge in [-0.1, -0.05) is 0 Å². The Morgan fingerprint density at radius 2 is 1.94 bits per heavy atom. The summed E-state index contributed by atoms with van der Waals surface area (Å²) in [5.74, 6) is 1.08. The van der Waals surface area contributed by atoms with Gasteiger partial charge in [0.05, 0.1) is 22.4 Å². The van der Waals surface area contributed by atoms with E-state index < -0.39 is 10.0 Å². The van der Waals surface area contributed by atoms with Crippen molar-refractivity contribution >= 4 is 38.1 Å². The van der Waals surface area contributed by atoms with Gasteiger partial charge in [0, 0.05) is 18.0 Å². The standard InChI is InChI=1S/C21H21N3O5S2/c1-13(2)29-15-5-7-16(8-6-15)31(26,27)23-21-22-17(12-30-21)14-4-9-19-18(10-14)24(3)20(25)11-28-19/h4-10,12-13H,11H2,1-3H3,(H,22,23). The van der Waals surface area contributed by atoms with Gasteiger partial charge in [0.15, 0.2) is 11.7 Å². The van der Waals surface area contributed by atoms with Crippen LogP contribution in [0.2, 0.25) is 0 Å². The third-order valence-corrected chi connectivity index (χ3v) is 6.81. The van der Waals surface area contributed by atoms with E-state index in [4.69, 9.17) is 9.47 Å². The van der Waals surface area contributed by atoms with Crippen molar-refractivity contribution in [3.63, 3.8) is 0 Å². The van der Waals surface area contributed by atoms with Crippen molar-refractivity contribution in [3.8, 4) is 22.8 Å². The maximum absolute atomic E-state index is 12.7. The second kappa shape index (κ2) is 8.20. The van der Waals surface area contributed by atoms with Gasteiger partial charge >= 0.3 is 0 Å². The highest BCUT2D eigenvalue weighted by molar-refractivity contribution is 7.93. The van der Waals surface area contributed by atoms with E-state index in [0.29, 0.717) is 22.9 Å². The molecule has 1 N–H and O–H groups in total. The molecule has 1 aliphatic heterocycles. The molecule has 0 radical (unpaired) electrons. The molecule has 2 aromatic carbocycles. The molecule has 1 aromatic heterocycles. The van der Waals surface area contributed by atoms with Crippen molar-refractivity contribution < 1.29 is 22.7 Å². The summed E-state index contributed by atoms with van der Waals surface area (Å²) >= 11 is 1.18. The summed E-state index contributed by atoms with van der Waals surface area (Å²) in [5.41, 5.74) is 1.99. The molecule has 1 amide bonds. The second-order valence-corrected chi connectivity index (χ2v) is 9.75. The van der Waals surface area contributed by atoms with Gasteiger partial charge in [-0.3, -0.25) is 9.52 Å². The Bertz CT molecular complexity index is 1220. The van der Waals surface area contributed by atoms with E-state index in [-0.39, 0.29) is 28.6 Å². The molecular formula is C21H21N3O5S2. The molecule has 0 fully saturated rings. The maximum Gasteiger partial charge on any atom is 0.264 e. The third-order valence-electron chi connectivity index (χ3n) is 4.57. The van der Waals surface area contributed by atoms with E-state index >= 15 is 0 Å². The first-order chi connectivity index (χ1) is 14.7. The van der Waals surface area contributed by atoms with Crippen LogP contribution in [0.5, 0.6) is 11.5 Å². The van der Waals surface area contributed by atoms with Crippen LogP contribution in [0.15, 0.2) is 52.7 Å². The number of nitrogens with one attached hydrogen (secondary N) is 1. The molecule has 0 saturated heterocycles. The highest BCUT2D eigenvalue weighted by Gasteiger charge is 2.23. The van der Waals surface area contributed by atoms with Gasteiger partial charge in [-0.25, -0.2) is 13.4 Å². The largest absolute Gasteiger partial charge is 0.491 e. The van der Waals surface area contributed by atoms with Crippen molar-refractivity contribution in [2.24, 2.45) is 0 Å². The Morgan fingerprint density at radius 1 is 1.19 bits per heavy atom. The summed E-state index contributed by atoms with van der Waals surface area (Å²) < 4.78 is 38.9. The Labute approximate surface area is 184 Å².